The Morgan fingerprint density at radius 1 is 0.687 bits per heavy atom. The van der Waals surface area contributed by atoms with Crippen molar-refractivity contribution in [3.05, 3.63) is 76.0 Å². The fraction of sp³-hybridized carbons (Fsp3) is 0.488. The molecule has 5 heterocycles. The number of aryl methyl sites for hydroxylation is 2. The molecule has 6 rings (SSSR count). The number of anilines is 5. The number of carbonyl (C=O) groups excluding carboxylic acids is 4. The number of amides is 4. The average Bonchev–Trinajstić information content (AvgIpc) is 3.21. The highest BCUT2D eigenvalue weighted by Gasteiger charge is 2.30. The van der Waals surface area contributed by atoms with Crippen LogP contribution in [0.5, 0.6) is 0 Å². The lowest BCUT2D eigenvalue weighted by Gasteiger charge is -2.33. The number of hydrogen-bond donors (Lipinski definition) is 8. The number of ether oxygens (including phenoxy) is 3. The molecule has 4 atom stereocenters. The van der Waals surface area contributed by atoms with Gasteiger partial charge < -0.3 is 58.0 Å². The topological polar surface area (TPSA) is 312 Å². The highest BCUT2D eigenvalue weighted by atomic mass is 35.5. The molecular formula is C43H59ClF2N14O7. The van der Waals surface area contributed by atoms with Gasteiger partial charge in [0.2, 0.25) is 0 Å². The minimum Gasteiger partial charge on any atom is -0.444 e. The van der Waals surface area contributed by atoms with Gasteiger partial charge in [0.15, 0.2) is 22.4 Å². The first-order valence-corrected chi connectivity index (χ1v) is 21.6. The maximum atomic E-state index is 13.5. The summed E-state index contributed by atoms with van der Waals surface area (Å²) >= 11 is 5.70. The van der Waals surface area contributed by atoms with Crippen LogP contribution in [0, 0.1) is 25.5 Å². The van der Waals surface area contributed by atoms with Gasteiger partial charge in [-0.15, -0.1) is 20.4 Å². The van der Waals surface area contributed by atoms with E-state index in [-0.39, 0.29) is 76.2 Å². The lowest BCUT2D eigenvalue weighted by atomic mass is 9.91. The van der Waals surface area contributed by atoms with Gasteiger partial charge in [-0.1, -0.05) is 24.4 Å². The van der Waals surface area contributed by atoms with E-state index in [0.29, 0.717) is 30.5 Å². The van der Waals surface area contributed by atoms with Gasteiger partial charge in [0.05, 0.1) is 41.5 Å². The highest BCUT2D eigenvalue weighted by Crippen LogP contribution is 2.25. The van der Waals surface area contributed by atoms with Gasteiger partial charge in [-0.2, -0.15) is 0 Å². The Balaban J connectivity index is 0.000000243. The molecule has 0 bridgehead atoms. The van der Waals surface area contributed by atoms with E-state index in [0.717, 1.165) is 25.7 Å². The number of rotatable bonds is 10. The molecule has 11 N–H and O–H groups in total. The average molecular weight is 957 g/mol. The molecule has 4 aromatic heterocycles. The molecule has 67 heavy (non-hydrogen) atoms. The molecule has 2 fully saturated rings. The molecule has 1 aliphatic carbocycles. The Labute approximate surface area is 391 Å². The maximum absolute atomic E-state index is 13.5. The van der Waals surface area contributed by atoms with E-state index in [1.165, 1.54) is 44.2 Å². The summed E-state index contributed by atoms with van der Waals surface area (Å²) in [5.74, 6) is -1.43. The first-order chi connectivity index (χ1) is 31.4. The number of nitrogens with two attached hydrogens (primary N) is 3. The van der Waals surface area contributed by atoms with Crippen molar-refractivity contribution in [1.29, 1.82) is 0 Å². The van der Waals surface area contributed by atoms with Crippen LogP contribution in [0.1, 0.15) is 106 Å². The van der Waals surface area contributed by atoms with Crippen molar-refractivity contribution >= 4 is 64.4 Å². The summed E-state index contributed by atoms with van der Waals surface area (Å²) in [6, 6.07) is 7.83. The van der Waals surface area contributed by atoms with Gasteiger partial charge in [-0.3, -0.25) is 9.59 Å². The van der Waals surface area contributed by atoms with E-state index < -0.39 is 40.7 Å². The van der Waals surface area contributed by atoms with Crippen molar-refractivity contribution in [3.8, 4) is 0 Å². The van der Waals surface area contributed by atoms with Crippen LogP contribution in [-0.4, -0.2) is 103 Å². The molecule has 21 nitrogen and oxygen atoms in total. The Kier molecular flexibility index (Phi) is 18.8. The molecule has 24 heteroatoms. The van der Waals surface area contributed by atoms with Crippen LogP contribution in [-0.2, 0) is 14.2 Å². The van der Waals surface area contributed by atoms with Crippen LogP contribution in [0.15, 0.2) is 36.4 Å². The highest BCUT2D eigenvalue weighted by molar-refractivity contribution is 6.29. The molecular weight excluding hydrogens is 898 g/mol. The van der Waals surface area contributed by atoms with E-state index in [1.807, 2.05) is 20.8 Å². The number of pyridine rings is 2. The third-order valence-electron chi connectivity index (χ3n) is 9.51. The van der Waals surface area contributed by atoms with E-state index >= 15 is 0 Å². The Hall–Kier alpha value is -6.59. The molecule has 364 valence electrons. The normalized spacial score (nSPS) is 18.0. The zero-order valence-electron chi connectivity index (χ0n) is 38.6. The van der Waals surface area contributed by atoms with Gasteiger partial charge >= 0.3 is 12.2 Å². The molecule has 1 saturated carbocycles. The number of nitrogens with zero attached hydrogens (tertiary/aromatic N) is 6. The third kappa shape index (κ3) is 17.6. The Bertz CT molecular complexity index is 2370. The number of nitrogens with one attached hydrogen (secondary N) is 5. The zero-order valence-corrected chi connectivity index (χ0v) is 39.4. The van der Waals surface area contributed by atoms with Crippen LogP contribution >= 0.6 is 11.6 Å². The minimum absolute atomic E-state index is 0.0752. The second-order valence-corrected chi connectivity index (χ2v) is 17.9. The van der Waals surface area contributed by atoms with Crippen molar-refractivity contribution in [3.63, 3.8) is 0 Å². The molecule has 2 aliphatic rings. The van der Waals surface area contributed by atoms with Crippen molar-refractivity contribution in [2.45, 2.75) is 123 Å². The largest absolute Gasteiger partial charge is 0.444 e. The summed E-state index contributed by atoms with van der Waals surface area (Å²) in [7, 11) is 0. The quantitative estimate of drug-likeness (QED) is 0.0924. The smallest absolute Gasteiger partial charge is 0.408 e. The summed E-state index contributed by atoms with van der Waals surface area (Å²) in [6.07, 6.45) is 3.91. The first kappa shape index (κ1) is 53.0. The van der Waals surface area contributed by atoms with E-state index in [9.17, 15) is 28.0 Å². The van der Waals surface area contributed by atoms with Crippen LogP contribution in [0.2, 0.25) is 5.15 Å². The molecule has 0 unspecified atom stereocenters. The summed E-state index contributed by atoms with van der Waals surface area (Å²) in [6.45, 7) is 14.7. The number of hydrogen-bond acceptors (Lipinski definition) is 17. The predicted octanol–water partition coefficient (Wildman–Crippen LogP) is 5.85. The van der Waals surface area contributed by atoms with Crippen molar-refractivity contribution in [2.24, 2.45) is 17.2 Å². The van der Waals surface area contributed by atoms with Crippen LogP contribution in [0.4, 0.5) is 47.2 Å². The van der Waals surface area contributed by atoms with Crippen molar-refractivity contribution in [2.75, 3.05) is 29.2 Å². The van der Waals surface area contributed by atoms with E-state index in [1.54, 1.807) is 26.8 Å². The number of alkyl carbamates (subject to hydrolysis) is 2. The molecule has 1 saturated heterocycles. The predicted molar refractivity (Wildman–Crippen MR) is 246 cm³/mol. The Morgan fingerprint density at radius 2 is 1.18 bits per heavy atom. The monoisotopic (exact) mass is 956 g/mol. The number of halogens is 3. The fourth-order valence-corrected chi connectivity index (χ4v) is 6.53. The SMILES string of the molecule is CC(C)(C)OC(=O)N[C@H]1CCCC[C@H]1N.Cc1nc(Nc2cc(Cl)nnc2C(N)=O)ccc1F.Cc1nc(Nc2cc(N[C@@H]3CCOC[C@@H]3NC(=O)OC(C)(C)C)nnc2C(N)=O)ccc1F. The summed E-state index contributed by atoms with van der Waals surface area (Å²) < 4.78 is 42.7. The lowest BCUT2D eigenvalue weighted by Crippen LogP contribution is -2.53. The summed E-state index contributed by atoms with van der Waals surface area (Å²) in [4.78, 5) is 54.8. The minimum atomic E-state index is -0.786. The van der Waals surface area contributed by atoms with Gasteiger partial charge in [0.25, 0.3) is 11.8 Å². The fourth-order valence-electron chi connectivity index (χ4n) is 6.39. The maximum Gasteiger partial charge on any atom is 0.408 e. The summed E-state index contributed by atoms with van der Waals surface area (Å²) in [5, 5.41) is 29.8. The molecule has 4 amide bonds. The zero-order chi connectivity index (χ0) is 49.6. The third-order valence-corrected chi connectivity index (χ3v) is 9.69. The molecule has 4 aromatic rings. The van der Waals surface area contributed by atoms with Gasteiger partial charge in [0.1, 0.15) is 34.5 Å². The van der Waals surface area contributed by atoms with E-state index in [4.69, 9.17) is 43.0 Å². The van der Waals surface area contributed by atoms with Crippen molar-refractivity contribution in [1.82, 2.24) is 41.0 Å². The second kappa shape index (κ2) is 23.7. The lowest BCUT2D eigenvalue weighted by molar-refractivity contribution is 0.0317. The Morgan fingerprint density at radius 3 is 1.67 bits per heavy atom. The van der Waals surface area contributed by atoms with Crippen LogP contribution < -0.4 is 43.8 Å². The van der Waals surface area contributed by atoms with Crippen LogP contribution in [0.3, 0.4) is 0 Å². The van der Waals surface area contributed by atoms with E-state index in [2.05, 4.69) is 56.9 Å². The standard InChI is InChI=1S/C21H28FN7O4.C11H9ClFN5O.C11H22N2O2/c1-11-12(22)5-6-16(24-11)26-14-9-17(28-29-18(14)19(23)30)25-13-7-8-32-10-15(13)27-20(31)33-21(2,3)4;1-5-6(13)2-3-9(15-5)16-7-4-8(12)17-18-10(7)11(14)19;1-11(2,3)15-10(14)13-9-7-5-4-6-8(9)12/h5-6,9,13,15H,7-8,10H2,1-4H3,(H2,23,30)(H,27,31)(H2,24,25,26,28);2-4H,1H3,(H2,14,19)(H,15,16,17);8-9H,4-7,12H2,1-3H3,(H,13,14)/t13-,15+;;8-,9+/m1.1/s1. The first-order valence-electron chi connectivity index (χ1n) is 21.3. The second-order valence-electron chi connectivity index (χ2n) is 17.5. The molecule has 0 spiro atoms. The van der Waals surface area contributed by atoms with Crippen LogP contribution in [0.25, 0.3) is 0 Å². The van der Waals surface area contributed by atoms with Gasteiger partial charge in [-0.05, 0) is 98.9 Å². The van der Waals surface area contributed by atoms with Gasteiger partial charge in [-0.25, -0.2) is 28.3 Å². The summed E-state index contributed by atoms with van der Waals surface area (Å²) in [5.41, 5.74) is 16.2. The van der Waals surface area contributed by atoms with Gasteiger partial charge in [0, 0.05) is 30.8 Å². The molecule has 1 aliphatic heterocycles. The number of aromatic nitrogens is 6. The molecule has 0 aromatic carbocycles. The van der Waals surface area contributed by atoms with Crippen molar-refractivity contribution < 1.29 is 42.2 Å². The number of carbonyl (C=O) groups is 4. The molecule has 0 radical (unpaired) electrons. The number of primary amides is 2.